The molecule has 1 aliphatic rings. The maximum absolute atomic E-state index is 9.44. The molecule has 16 heavy (non-hydrogen) atoms. The van der Waals surface area contributed by atoms with Crippen LogP contribution in [0.5, 0.6) is 0 Å². The standard InChI is InChI=1S/C6H13N.C2H6O3S.C2H6O/c1-6-3-2-4-7-5-6;1-2-6(3,4)5;1-3-2/h6-7H,2-5H2,1H3;2H2,1H3,(H,3,4,5);1-2H3. The van der Waals surface area contributed by atoms with Crippen LogP contribution in [0.1, 0.15) is 26.7 Å². The third-order valence-corrected chi connectivity index (χ3v) is 2.73. The van der Waals surface area contributed by atoms with Gasteiger partial charge < -0.3 is 14.6 Å². The van der Waals surface area contributed by atoms with Gasteiger partial charge in [-0.2, -0.15) is 0 Å². The van der Waals surface area contributed by atoms with Crippen molar-refractivity contribution in [1.29, 1.82) is 0 Å². The van der Waals surface area contributed by atoms with Crippen LogP contribution < -0.4 is 5.32 Å². The van der Waals surface area contributed by atoms with Crippen LogP contribution in [0.25, 0.3) is 0 Å². The lowest BCUT2D eigenvalue weighted by atomic mass is 10.0. The lowest BCUT2D eigenvalue weighted by molar-refractivity contribution is -0.668. The van der Waals surface area contributed by atoms with Crippen molar-refractivity contribution in [3.8, 4) is 0 Å². The quantitative estimate of drug-likeness (QED) is 0.657. The van der Waals surface area contributed by atoms with Gasteiger partial charge in [0.2, 0.25) is 0 Å². The largest absolute Gasteiger partial charge is 0.748 e. The molecule has 1 fully saturated rings. The maximum atomic E-state index is 9.44. The Hall–Kier alpha value is -0.170. The van der Waals surface area contributed by atoms with Crippen LogP contribution in [0.3, 0.4) is 0 Å². The molecule has 2 N–H and O–H groups in total. The number of ether oxygens (including phenoxy) is 1. The highest BCUT2D eigenvalue weighted by Crippen LogP contribution is 2.02. The highest BCUT2D eigenvalue weighted by Gasteiger charge is 2.08. The Morgan fingerprint density at radius 1 is 1.44 bits per heavy atom. The molecule has 0 aliphatic carbocycles. The lowest BCUT2D eigenvalue weighted by Crippen LogP contribution is -2.87. The first-order chi connectivity index (χ1) is 7.37. The monoisotopic (exact) mass is 255 g/mol. The second-order valence-electron chi connectivity index (χ2n) is 3.82. The molecule has 1 unspecified atom stereocenters. The predicted octanol–water partition coefficient (Wildman–Crippen LogP) is -0.206. The van der Waals surface area contributed by atoms with Gasteiger partial charge in [0, 0.05) is 25.9 Å². The van der Waals surface area contributed by atoms with E-state index in [0.29, 0.717) is 0 Å². The Bertz CT molecular complexity index is 223. The molecular formula is C10H25NO4S. The van der Waals surface area contributed by atoms with Gasteiger partial charge in [-0.1, -0.05) is 13.8 Å². The van der Waals surface area contributed by atoms with Crippen molar-refractivity contribution in [2.24, 2.45) is 5.92 Å². The highest BCUT2D eigenvalue weighted by atomic mass is 32.2. The Balaban J connectivity index is 0. The SMILES string of the molecule is CC1CCC[NH2+]C1.CCS(=O)(=O)[O-].COC. The molecule has 0 aromatic rings. The normalized spacial score (nSPS) is 19.9. The number of hydrogen-bond acceptors (Lipinski definition) is 4. The average Bonchev–Trinajstić information content (AvgIpc) is 2.20. The van der Waals surface area contributed by atoms with E-state index in [-0.39, 0.29) is 5.75 Å². The molecule has 0 radical (unpaired) electrons. The minimum Gasteiger partial charge on any atom is -0.748 e. The summed E-state index contributed by atoms with van der Waals surface area (Å²) in [4.78, 5) is 0. The molecule has 6 heteroatoms. The molecule has 1 aliphatic heterocycles. The first kappa shape index (κ1) is 18.2. The molecular weight excluding hydrogens is 230 g/mol. The van der Waals surface area contributed by atoms with Gasteiger partial charge in [-0.15, -0.1) is 0 Å². The summed E-state index contributed by atoms with van der Waals surface area (Å²) in [7, 11) is -0.662. The minimum atomic E-state index is -3.91. The van der Waals surface area contributed by atoms with Crippen molar-refractivity contribution in [3.63, 3.8) is 0 Å². The van der Waals surface area contributed by atoms with Crippen LogP contribution in [0.15, 0.2) is 0 Å². The van der Waals surface area contributed by atoms with Crippen molar-refractivity contribution in [2.45, 2.75) is 26.7 Å². The summed E-state index contributed by atoms with van der Waals surface area (Å²) in [5.41, 5.74) is 0. The molecule has 0 aromatic carbocycles. The zero-order chi connectivity index (χ0) is 13.0. The second-order valence-corrected chi connectivity index (χ2v) is 5.51. The number of hydrogen-bond donors (Lipinski definition) is 1. The Morgan fingerprint density at radius 3 is 2.00 bits per heavy atom. The molecule has 5 nitrogen and oxygen atoms in total. The van der Waals surface area contributed by atoms with Gasteiger partial charge in [-0.05, 0) is 12.8 Å². The number of quaternary nitrogens is 1. The zero-order valence-electron chi connectivity index (χ0n) is 10.7. The fourth-order valence-electron chi connectivity index (χ4n) is 1.13. The van der Waals surface area contributed by atoms with E-state index in [4.69, 9.17) is 0 Å². The lowest BCUT2D eigenvalue weighted by Gasteiger charge is -2.14. The molecule has 1 heterocycles. The van der Waals surface area contributed by atoms with Crippen molar-refractivity contribution < 1.29 is 23.0 Å². The summed E-state index contributed by atoms with van der Waals surface area (Å²) in [6.07, 6.45) is 2.89. The molecule has 0 aromatic heterocycles. The molecule has 1 rings (SSSR count). The first-order valence-electron chi connectivity index (χ1n) is 5.52. The fourth-order valence-corrected chi connectivity index (χ4v) is 1.13. The molecule has 0 amide bonds. The fraction of sp³-hybridized carbons (Fsp3) is 1.00. The van der Waals surface area contributed by atoms with Crippen LogP contribution in [0.2, 0.25) is 0 Å². The van der Waals surface area contributed by atoms with Crippen LogP contribution in [-0.4, -0.2) is 46.0 Å². The van der Waals surface area contributed by atoms with Crippen LogP contribution in [0.4, 0.5) is 0 Å². The predicted molar refractivity (Wildman–Crippen MR) is 63.2 cm³/mol. The summed E-state index contributed by atoms with van der Waals surface area (Å²) in [6, 6.07) is 0. The van der Waals surface area contributed by atoms with Gasteiger partial charge in [0.1, 0.15) is 0 Å². The van der Waals surface area contributed by atoms with E-state index in [9.17, 15) is 13.0 Å². The second kappa shape index (κ2) is 11.3. The molecule has 1 saturated heterocycles. The number of nitrogens with two attached hydrogens (primary N) is 1. The van der Waals surface area contributed by atoms with Gasteiger partial charge in [0.05, 0.1) is 23.2 Å². The van der Waals surface area contributed by atoms with Crippen molar-refractivity contribution in [2.75, 3.05) is 33.1 Å². The van der Waals surface area contributed by atoms with E-state index >= 15 is 0 Å². The van der Waals surface area contributed by atoms with Gasteiger partial charge in [-0.25, -0.2) is 8.42 Å². The summed E-state index contributed by atoms with van der Waals surface area (Å²) in [5.74, 6) is 0.668. The summed E-state index contributed by atoms with van der Waals surface area (Å²) >= 11 is 0. The van der Waals surface area contributed by atoms with E-state index < -0.39 is 10.1 Å². The number of rotatable bonds is 1. The van der Waals surface area contributed by atoms with Crippen molar-refractivity contribution in [1.82, 2.24) is 0 Å². The van der Waals surface area contributed by atoms with Gasteiger partial charge in [-0.3, -0.25) is 0 Å². The van der Waals surface area contributed by atoms with Crippen LogP contribution >= 0.6 is 0 Å². The van der Waals surface area contributed by atoms with Crippen LogP contribution in [0, 0.1) is 5.92 Å². The van der Waals surface area contributed by atoms with Crippen molar-refractivity contribution >= 4 is 10.1 Å². The molecule has 0 spiro atoms. The molecule has 0 saturated carbocycles. The van der Waals surface area contributed by atoms with Gasteiger partial charge >= 0.3 is 0 Å². The summed E-state index contributed by atoms with van der Waals surface area (Å²) in [5, 5.41) is 2.41. The molecule has 100 valence electrons. The maximum Gasteiger partial charge on any atom is 0.0943 e. The summed E-state index contributed by atoms with van der Waals surface area (Å²) in [6.45, 7) is 6.36. The van der Waals surface area contributed by atoms with E-state index in [1.165, 1.54) is 32.9 Å². The topological polar surface area (TPSA) is 83.0 Å². The van der Waals surface area contributed by atoms with E-state index in [2.05, 4.69) is 17.0 Å². The summed E-state index contributed by atoms with van der Waals surface area (Å²) < 4.78 is 32.6. The van der Waals surface area contributed by atoms with Gasteiger partial charge in [0.25, 0.3) is 0 Å². The highest BCUT2D eigenvalue weighted by molar-refractivity contribution is 7.85. The van der Waals surface area contributed by atoms with E-state index in [1.54, 1.807) is 14.2 Å². The van der Waals surface area contributed by atoms with E-state index in [1.807, 2.05) is 0 Å². The number of methoxy groups -OCH3 is 1. The van der Waals surface area contributed by atoms with Crippen molar-refractivity contribution in [3.05, 3.63) is 0 Å². The van der Waals surface area contributed by atoms with Gasteiger partial charge in [0.15, 0.2) is 0 Å². The molecule has 0 bridgehead atoms. The minimum absolute atomic E-state index is 0.312. The third-order valence-electron chi connectivity index (χ3n) is 2.03. The molecule has 1 atom stereocenters. The average molecular weight is 255 g/mol. The van der Waals surface area contributed by atoms with Crippen LogP contribution in [-0.2, 0) is 14.9 Å². The smallest absolute Gasteiger partial charge is 0.0943 e. The Kier molecular flexibility index (Phi) is 12.9. The third kappa shape index (κ3) is 19.4. The Labute approximate surface area is 99.3 Å². The first-order valence-corrected chi connectivity index (χ1v) is 7.10. The van der Waals surface area contributed by atoms with E-state index in [0.717, 1.165) is 5.92 Å². The zero-order valence-corrected chi connectivity index (χ0v) is 11.5. The Morgan fingerprint density at radius 2 is 1.88 bits per heavy atom. The number of piperidine rings is 1.